The maximum absolute atomic E-state index is 11.9. The number of aromatic nitrogens is 2. The predicted octanol–water partition coefficient (Wildman–Crippen LogP) is 3.45. The molecule has 0 saturated heterocycles. The first-order valence-electron chi connectivity index (χ1n) is 6.82. The lowest BCUT2D eigenvalue weighted by Crippen LogP contribution is -2.11. The average Bonchev–Trinajstić information content (AvgIpc) is 3.19. The monoisotopic (exact) mass is 344 g/mol. The van der Waals surface area contributed by atoms with Crippen molar-refractivity contribution >= 4 is 34.7 Å². The van der Waals surface area contributed by atoms with Gasteiger partial charge >= 0.3 is 6.09 Å². The van der Waals surface area contributed by atoms with Gasteiger partial charge in [-0.1, -0.05) is 5.16 Å². The van der Waals surface area contributed by atoms with Crippen molar-refractivity contribution < 1.29 is 19.2 Å². The molecule has 0 saturated carbocycles. The lowest BCUT2D eigenvalue weighted by Gasteiger charge is -2.05. The van der Waals surface area contributed by atoms with Gasteiger partial charge in [-0.2, -0.15) is 0 Å². The van der Waals surface area contributed by atoms with Crippen LogP contribution in [0.3, 0.4) is 0 Å². The summed E-state index contributed by atoms with van der Waals surface area (Å²) in [6.45, 7) is 1.64. The van der Waals surface area contributed by atoms with Crippen LogP contribution in [0.5, 0.6) is 0 Å². The highest BCUT2D eigenvalue weighted by Crippen LogP contribution is 2.31. The third-order valence-corrected chi connectivity index (χ3v) is 3.90. The summed E-state index contributed by atoms with van der Waals surface area (Å²) < 4.78 is 5.19. The first kappa shape index (κ1) is 15.7. The zero-order chi connectivity index (χ0) is 17.1. The number of thiazole rings is 1. The summed E-state index contributed by atoms with van der Waals surface area (Å²) in [5.74, 6) is 0.0224. The SMILES string of the molecule is Cc1noc(-c2ccc(NC(=O)c3nccs3)cc2)c1NC(=O)O. The van der Waals surface area contributed by atoms with Crippen LogP contribution in [0, 0.1) is 6.92 Å². The number of nitrogens with one attached hydrogen (secondary N) is 2. The number of hydrogen-bond acceptors (Lipinski definition) is 6. The Bertz CT molecular complexity index is 872. The summed E-state index contributed by atoms with van der Waals surface area (Å²) >= 11 is 1.25. The Balaban J connectivity index is 1.80. The Hall–Kier alpha value is -3.20. The number of aryl methyl sites for hydroxylation is 1. The molecule has 0 bridgehead atoms. The van der Waals surface area contributed by atoms with Gasteiger partial charge in [0.05, 0.1) is 0 Å². The lowest BCUT2D eigenvalue weighted by molar-refractivity contribution is 0.102. The van der Waals surface area contributed by atoms with E-state index in [1.807, 2.05) is 0 Å². The van der Waals surface area contributed by atoms with Gasteiger partial charge in [-0.25, -0.2) is 9.78 Å². The number of carbonyl (C=O) groups excluding carboxylic acids is 1. The number of nitrogens with zero attached hydrogens (tertiary/aromatic N) is 2. The van der Waals surface area contributed by atoms with E-state index >= 15 is 0 Å². The standard InChI is InChI=1S/C15H12N4O4S/c1-8-11(18-15(21)22)12(23-19-8)9-2-4-10(5-3-9)17-13(20)14-16-6-7-24-14/h2-7,18H,1H3,(H,17,20)(H,21,22). The van der Waals surface area contributed by atoms with Crippen LogP contribution in [0.4, 0.5) is 16.2 Å². The average molecular weight is 344 g/mol. The Morgan fingerprint density at radius 1 is 1.21 bits per heavy atom. The minimum absolute atomic E-state index is 0.290. The number of hydrogen-bond donors (Lipinski definition) is 3. The lowest BCUT2D eigenvalue weighted by atomic mass is 10.1. The van der Waals surface area contributed by atoms with E-state index in [-0.39, 0.29) is 5.91 Å². The van der Waals surface area contributed by atoms with Crippen LogP contribution in [-0.2, 0) is 0 Å². The quantitative estimate of drug-likeness (QED) is 0.667. The van der Waals surface area contributed by atoms with E-state index in [2.05, 4.69) is 20.8 Å². The van der Waals surface area contributed by atoms with Gasteiger partial charge in [-0.05, 0) is 31.2 Å². The van der Waals surface area contributed by atoms with Crippen LogP contribution in [0.25, 0.3) is 11.3 Å². The van der Waals surface area contributed by atoms with Crippen LogP contribution in [-0.4, -0.2) is 27.2 Å². The molecule has 122 valence electrons. The van der Waals surface area contributed by atoms with Gasteiger partial charge in [0.1, 0.15) is 11.4 Å². The van der Waals surface area contributed by atoms with Crippen molar-refractivity contribution in [2.24, 2.45) is 0 Å². The van der Waals surface area contributed by atoms with Crippen molar-refractivity contribution in [2.45, 2.75) is 6.92 Å². The van der Waals surface area contributed by atoms with Crippen molar-refractivity contribution in [3.63, 3.8) is 0 Å². The smallest absolute Gasteiger partial charge is 0.409 e. The Morgan fingerprint density at radius 2 is 1.96 bits per heavy atom. The van der Waals surface area contributed by atoms with Crippen LogP contribution < -0.4 is 10.6 Å². The third kappa shape index (κ3) is 3.25. The molecule has 24 heavy (non-hydrogen) atoms. The molecule has 2 heterocycles. The summed E-state index contributed by atoms with van der Waals surface area (Å²) in [7, 11) is 0. The first-order valence-corrected chi connectivity index (χ1v) is 7.70. The van der Waals surface area contributed by atoms with E-state index in [4.69, 9.17) is 9.63 Å². The molecular formula is C15H12N4O4S. The maximum Gasteiger partial charge on any atom is 0.409 e. The summed E-state index contributed by atoms with van der Waals surface area (Å²) in [5, 5.41) is 19.7. The van der Waals surface area contributed by atoms with Gasteiger partial charge in [0, 0.05) is 22.8 Å². The summed E-state index contributed by atoms with van der Waals surface area (Å²) in [6, 6.07) is 6.77. The Kier molecular flexibility index (Phi) is 4.25. The van der Waals surface area contributed by atoms with E-state index < -0.39 is 6.09 Å². The topological polar surface area (TPSA) is 117 Å². The molecule has 2 aromatic heterocycles. The first-order chi connectivity index (χ1) is 11.5. The molecule has 0 spiro atoms. The second-order valence-corrected chi connectivity index (χ2v) is 5.67. The van der Waals surface area contributed by atoms with Crippen molar-refractivity contribution in [3.8, 4) is 11.3 Å². The fourth-order valence-corrected chi connectivity index (χ4v) is 2.58. The molecule has 3 rings (SSSR count). The Morgan fingerprint density at radius 3 is 2.58 bits per heavy atom. The molecule has 3 N–H and O–H groups in total. The molecule has 2 amide bonds. The number of benzene rings is 1. The van der Waals surface area contributed by atoms with Crippen LogP contribution >= 0.6 is 11.3 Å². The molecular weight excluding hydrogens is 332 g/mol. The molecule has 0 aliphatic carbocycles. The maximum atomic E-state index is 11.9. The minimum Gasteiger partial charge on any atom is -0.465 e. The molecule has 0 atom stereocenters. The molecule has 0 fully saturated rings. The molecule has 9 heteroatoms. The van der Waals surface area contributed by atoms with Gasteiger partial charge in [0.2, 0.25) is 0 Å². The van der Waals surface area contributed by atoms with Crippen LogP contribution in [0.2, 0.25) is 0 Å². The highest BCUT2D eigenvalue weighted by molar-refractivity contribution is 7.11. The van der Waals surface area contributed by atoms with Gasteiger partial charge in [0.25, 0.3) is 5.91 Å². The Labute approximate surface area is 140 Å². The second kappa shape index (κ2) is 6.50. The van der Waals surface area contributed by atoms with Crippen molar-refractivity contribution in [2.75, 3.05) is 10.6 Å². The van der Waals surface area contributed by atoms with E-state index in [0.29, 0.717) is 33.4 Å². The molecule has 0 aliphatic heterocycles. The summed E-state index contributed by atoms with van der Waals surface area (Å²) in [4.78, 5) is 26.7. The number of anilines is 2. The van der Waals surface area contributed by atoms with Gasteiger partial charge in [0.15, 0.2) is 10.8 Å². The molecule has 0 aliphatic rings. The zero-order valence-electron chi connectivity index (χ0n) is 12.4. The zero-order valence-corrected chi connectivity index (χ0v) is 13.3. The van der Waals surface area contributed by atoms with Crippen molar-refractivity contribution in [3.05, 3.63) is 46.5 Å². The third-order valence-electron chi connectivity index (χ3n) is 3.13. The molecule has 3 aromatic rings. The predicted molar refractivity (Wildman–Crippen MR) is 88.4 cm³/mol. The fraction of sp³-hybridized carbons (Fsp3) is 0.0667. The molecule has 1 aromatic carbocycles. The highest BCUT2D eigenvalue weighted by atomic mass is 32.1. The van der Waals surface area contributed by atoms with E-state index in [0.717, 1.165) is 0 Å². The molecule has 0 radical (unpaired) electrons. The van der Waals surface area contributed by atoms with Crippen molar-refractivity contribution in [1.82, 2.24) is 10.1 Å². The van der Waals surface area contributed by atoms with E-state index in [1.165, 1.54) is 11.3 Å². The number of rotatable bonds is 4. The van der Waals surface area contributed by atoms with Gasteiger partial charge < -0.3 is 14.9 Å². The van der Waals surface area contributed by atoms with Crippen molar-refractivity contribution in [1.29, 1.82) is 0 Å². The molecule has 8 nitrogen and oxygen atoms in total. The van der Waals surface area contributed by atoms with E-state index in [1.54, 1.807) is 42.8 Å². The summed E-state index contributed by atoms with van der Waals surface area (Å²) in [5.41, 5.74) is 1.95. The van der Waals surface area contributed by atoms with Crippen LogP contribution in [0.1, 0.15) is 15.5 Å². The largest absolute Gasteiger partial charge is 0.465 e. The van der Waals surface area contributed by atoms with Gasteiger partial charge in [-0.3, -0.25) is 10.1 Å². The minimum atomic E-state index is -1.20. The number of amides is 2. The summed E-state index contributed by atoms with van der Waals surface area (Å²) in [6.07, 6.45) is 0.362. The van der Waals surface area contributed by atoms with Crippen LogP contribution in [0.15, 0.2) is 40.4 Å². The molecule has 0 unspecified atom stereocenters. The van der Waals surface area contributed by atoms with E-state index in [9.17, 15) is 9.59 Å². The fourth-order valence-electron chi connectivity index (χ4n) is 2.05. The number of carboxylic acid groups (broad SMARTS) is 1. The highest BCUT2D eigenvalue weighted by Gasteiger charge is 2.17. The number of carbonyl (C=O) groups is 2. The second-order valence-electron chi connectivity index (χ2n) is 4.77. The normalized spacial score (nSPS) is 10.4. The van der Waals surface area contributed by atoms with Gasteiger partial charge in [-0.15, -0.1) is 11.3 Å².